The molecule has 4 unspecified atom stereocenters. The fourth-order valence-electron chi connectivity index (χ4n) is 6.77. The fraction of sp³-hybridized carbons (Fsp3) is 0.810. The second-order valence-corrected chi connectivity index (χ2v) is 13.4. The third kappa shape index (κ3) is 28.6. The highest BCUT2D eigenvalue weighted by Gasteiger charge is 2.48. The van der Waals surface area contributed by atoms with E-state index in [4.69, 9.17) is 33.2 Å². The Morgan fingerprint density at radius 2 is 1.00 bits per heavy atom. The maximum Gasteiger partial charge on any atom is 0.330 e. The number of esters is 4. The van der Waals surface area contributed by atoms with Crippen LogP contribution in [0.5, 0.6) is 0 Å². The molecule has 0 radical (unpaired) electrons. The van der Waals surface area contributed by atoms with E-state index in [9.17, 15) is 19.2 Å². The van der Waals surface area contributed by atoms with Gasteiger partial charge in [0.1, 0.15) is 13.2 Å². The van der Waals surface area contributed by atoms with Crippen molar-refractivity contribution in [2.75, 3.05) is 79.8 Å². The summed E-state index contributed by atoms with van der Waals surface area (Å²) in [6.45, 7) is 18.3. The van der Waals surface area contributed by atoms with Crippen molar-refractivity contribution in [2.24, 2.45) is 23.7 Å². The van der Waals surface area contributed by atoms with Crippen molar-refractivity contribution in [3.8, 4) is 0 Å². The van der Waals surface area contributed by atoms with Crippen molar-refractivity contribution in [1.82, 2.24) is 0 Å². The predicted molar refractivity (Wildman–Crippen MR) is 209 cm³/mol. The Labute approximate surface area is 326 Å². The van der Waals surface area contributed by atoms with Crippen LogP contribution in [0.1, 0.15) is 117 Å². The summed E-state index contributed by atoms with van der Waals surface area (Å²) in [5, 5.41) is 0. The summed E-state index contributed by atoms with van der Waals surface area (Å²) in [6.07, 6.45) is 18.8. The van der Waals surface area contributed by atoms with E-state index in [2.05, 4.69) is 24.8 Å². The number of carbonyl (C=O) groups is 4. The van der Waals surface area contributed by atoms with E-state index in [1.807, 2.05) is 13.8 Å². The molecule has 0 aromatic heterocycles. The van der Waals surface area contributed by atoms with Crippen LogP contribution in [0.3, 0.4) is 0 Å². The molecule has 4 atom stereocenters. The highest BCUT2D eigenvalue weighted by molar-refractivity contribution is 5.81. The van der Waals surface area contributed by atoms with E-state index in [-0.39, 0.29) is 51.2 Å². The van der Waals surface area contributed by atoms with Gasteiger partial charge >= 0.3 is 23.9 Å². The fourth-order valence-corrected chi connectivity index (χ4v) is 6.77. The van der Waals surface area contributed by atoms with Gasteiger partial charge in [0, 0.05) is 65.1 Å². The van der Waals surface area contributed by atoms with Gasteiger partial charge in [0.25, 0.3) is 0 Å². The van der Waals surface area contributed by atoms with Crippen LogP contribution in [-0.2, 0) is 57.1 Å². The first-order valence-electron chi connectivity index (χ1n) is 20.4. The van der Waals surface area contributed by atoms with E-state index in [1.54, 1.807) is 38.5 Å². The van der Waals surface area contributed by atoms with Gasteiger partial charge in [-0.05, 0) is 102 Å². The average Bonchev–Trinajstić information content (AvgIpc) is 3.94. The Kier molecular flexibility index (Phi) is 35.2. The van der Waals surface area contributed by atoms with Crippen molar-refractivity contribution in [2.45, 2.75) is 117 Å². The molecule has 0 spiro atoms. The summed E-state index contributed by atoms with van der Waals surface area (Å²) >= 11 is 0. The maximum absolute atomic E-state index is 11.3. The van der Waals surface area contributed by atoms with Gasteiger partial charge in [-0.15, -0.1) is 0 Å². The zero-order valence-corrected chi connectivity index (χ0v) is 34.2. The summed E-state index contributed by atoms with van der Waals surface area (Å²) in [7, 11) is 1.53. The topological polar surface area (TPSA) is 142 Å². The largest absolute Gasteiger partial charge is 0.463 e. The van der Waals surface area contributed by atoms with Crippen molar-refractivity contribution < 1.29 is 57.1 Å². The molecule has 0 aliphatic heterocycles. The third-order valence-electron chi connectivity index (χ3n) is 9.39. The molecule has 3 fully saturated rings. The molecule has 2 bridgehead atoms. The predicted octanol–water partition coefficient (Wildman–Crippen LogP) is 7.60. The number of fused-ring (bicyclic) bond motifs is 5. The SMILES string of the molecule is C1CC2C3CCC(C3)C2C1.C=CC(=O)OCCCC(=O)OCCOC.C=CC(=O)OCCCC(=O)OCCOCCCCOCC.CCCCCOCC. The number of methoxy groups -OCH3 is 1. The molecule has 3 rings (SSSR count). The van der Waals surface area contributed by atoms with Gasteiger partial charge < -0.3 is 37.9 Å². The molecule has 3 aliphatic rings. The minimum absolute atomic E-state index is 0.191. The van der Waals surface area contributed by atoms with E-state index in [1.165, 1.54) is 50.0 Å². The molecule has 0 aromatic rings. The Balaban J connectivity index is 0.000000737. The van der Waals surface area contributed by atoms with Crippen LogP contribution in [0.4, 0.5) is 0 Å². The van der Waals surface area contributed by atoms with E-state index < -0.39 is 11.9 Å². The number of rotatable bonds is 27. The third-order valence-corrected chi connectivity index (χ3v) is 9.39. The number of ether oxygens (including phenoxy) is 8. The lowest BCUT2D eigenvalue weighted by Gasteiger charge is -2.23. The molecule has 3 saturated carbocycles. The van der Waals surface area contributed by atoms with Crippen molar-refractivity contribution in [3.63, 3.8) is 0 Å². The van der Waals surface area contributed by atoms with Crippen molar-refractivity contribution in [1.29, 1.82) is 0 Å². The Bertz CT molecular complexity index is 949. The van der Waals surface area contributed by atoms with Crippen molar-refractivity contribution in [3.05, 3.63) is 25.3 Å². The molecular weight excluding hydrogens is 696 g/mol. The molecule has 0 aromatic carbocycles. The zero-order valence-electron chi connectivity index (χ0n) is 34.2. The summed E-state index contributed by atoms with van der Waals surface area (Å²) in [5.41, 5.74) is 0. The minimum atomic E-state index is -0.485. The van der Waals surface area contributed by atoms with Crippen LogP contribution >= 0.6 is 0 Å². The van der Waals surface area contributed by atoms with Crippen LogP contribution in [-0.4, -0.2) is 104 Å². The molecule has 12 nitrogen and oxygen atoms in total. The molecular formula is C42H74O12. The molecule has 0 amide bonds. The highest BCUT2D eigenvalue weighted by atomic mass is 16.6. The average molecular weight is 771 g/mol. The monoisotopic (exact) mass is 771 g/mol. The molecule has 0 heterocycles. The van der Waals surface area contributed by atoms with Gasteiger partial charge in [-0.2, -0.15) is 0 Å². The highest BCUT2D eigenvalue weighted by Crippen LogP contribution is 2.58. The lowest BCUT2D eigenvalue weighted by Crippen LogP contribution is -2.15. The molecule has 314 valence electrons. The van der Waals surface area contributed by atoms with Gasteiger partial charge in [0.05, 0.1) is 26.4 Å². The zero-order chi connectivity index (χ0) is 40.1. The smallest absolute Gasteiger partial charge is 0.330 e. The van der Waals surface area contributed by atoms with Crippen LogP contribution < -0.4 is 0 Å². The second-order valence-electron chi connectivity index (χ2n) is 13.4. The number of hydrogen-bond acceptors (Lipinski definition) is 12. The first-order chi connectivity index (χ1) is 26.3. The molecule has 0 saturated heterocycles. The van der Waals surface area contributed by atoms with Crippen LogP contribution in [0.25, 0.3) is 0 Å². The Morgan fingerprint density at radius 1 is 0.537 bits per heavy atom. The quantitative estimate of drug-likeness (QED) is 0.0351. The first kappa shape index (κ1) is 51.2. The lowest BCUT2D eigenvalue weighted by molar-refractivity contribution is -0.147. The maximum atomic E-state index is 11.3. The number of carbonyl (C=O) groups excluding carboxylic acids is 4. The first-order valence-corrected chi connectivity index (χ1v) is 20.4. The summed E-state index contributed by atoms with van der Waals surface area (Å²) < 4.78 is 39.5. The van der Waals surface area contributed by atoms with Crippen molar-refractivity contribution >= 4 is 23.9 Å². The molecule has 0 N–H and O–H groups in total. The van der Waals surface area contributed by atoms with Gasteiger partial charge in [0.2, 0.25) is 0 Å². The molecule has 3 aliphatic carbocycles. The molecule has 12 heteroatoms. The molecule has 54 heavy (non-hydrogen) atoms. The van der Waals surface area contributed by atoms with E-state index in [0.29, 0.717) is 32.7 Å². The van der Waals surface area contributed by atoms with Gasteiger partial charge in [-0.1, -0.05) is 39.3 Å². The summed E-state index contributed by atoms with van der Waals surface area (Å²) in [5.74, 6) is 3.20. The van der Waals surface area contributed by atoms with Gasteiger partial charge in [0.15, 0.2) is 0 Å². The van der Waals surface area contributed by atoms with Gasteiger partial charge in [-0.25, -0.2) is 9.59 Å². The Morgan fingerprint density at radius 3 is 1.44 bits per heavy atom. The Hall–Kier alpha value is -2.80. The van der Waals surface area contributed by atoms with Crippen LogP contribution in [0.15, 0.2) is 25.3 Å². The lowest BCUT2D eigenvalue weighted by atomic mass is 9.82. The standard InChI is InChI=1S/C15H26O6.C10H16O5.C10H16.C7H16O/c1-3-14(16)20-11-7-8-15(17)21-13-12-19-10-6-5-9-18-4-2;1-3-9(11)14-6-4-5-10(12)15-8-7-13-2;1-2-9-7-4-5-8(6-7)10(9)3-1;1-3-5-6-7-8-4-2/h3H,1,4-13H2,2H3;3H,1,4-8H2,2H3;7-10H,1-6H2;3-7H2,1-2H3. The van der Waals surface area contributed by atoms with Crippen LogP contribution in [0.2, 0.25) is 0 Å². The van der Waals surface area contributed by atoms with Gasteiger partial charge in [-0.3, -0.25) is 9.59 Å². The van der Waals surface area contributed by atoms with E-state index in [0.717, 1.165) is 51.4 Å². The summed E-state index contributed by atoms with van der Waals surface area (Å²) in [6, 6.07) is 0. The summed E-state index contributed by atoms with van der Waals surface area (Å²) in [4.78, 5) is 43.6. The minimum Gasteiger partial charge on any atom is -0.463 e. The number of hydrogen-bond donors (Lipinski definition) is 0. The normalized spacial score (nSPS) is 18.7. The number of unbranched alkanes of at least 4 members (excludes halogenated alkanes) is 3. The second kappa shape index (κ2) is 37.1. The van der Waals surface area contributed by atoms with Crippen LogP contribution in [0, 0.1) is 23.7 Å². The van der Waals surface area contributed by atoms with E-state index >= 15 is 0 Å².